The number of nitrogens with zero attached hydrogens (tertiary/aromatic N) is 3. The quantitative estimate of drug-likeness (QED) is 0.0645. The van der Waals surface area contributed by atoms with Crippen molar-refractivity contribution in [2.45, 2.75) is 13.3 Å². The first-order chi connectivity index (χ1) is 22.2. The number of Topliss-reactive ketones (excluding diaryl/α,β-unsaturated/α-hetero) is 1. The van der Waals surface area contributed by atoms with Crippen LogP contribution in [0.1, 0.15) is 32.7 Å². The van der Waals surface area contributed by atoms with Crippen LogP contribution in [-0.4, -0.2) is 40.1 Å². The number of ketones is 1. The highest BCUT2D eigenvalue weighted by atomic mass is 16.6. The molecule has 10 nitrogen and oxygen atoms in total. The molecular formula is C36H27N3O7. The smallest absolute Gasteiger partial charge is 0.339 e. The number of hydrogen-bond acceptors (Lipinski definition) is 8. The summed E-state index contributed by atoms with van der Waals surface area (Å²) in [6.07, 6.45) is 5.41. The number of aryl methyl sites for hydroxylation is 1. The summed E-state index contributed by atoms with van der Waals surface area (Å²) >= 11 is 0. The van der Waals surface area contributed by atoms with Crippen molar-refractivity contribution < 1.29 is 28.8 Å². The second-order valence-electron chi connectivity index (χ2n) is 12.6. The molecule has 46 heavy (non-hydrogen) atoms. The Bertz CT molecular complexity index is 2000. The molecule has 6 unspecified atom stereocenters. The van der Waals surface area contributed by atoms with Gasteiger partial charge in [0.05, 0.1) is 39.2 Å². The number of benzene rings is 3. The highest BCUT2D eigenvalue weighted by Gasteiger charge is 2.67. The predicted molar refractivity (Wildman–Crippen MR) is 167 cm³/mol. The number of imide groups is 1. The van der Waals surface area contributed by atoms with Crippen molar-refractivity contribution in [3.05, 3.63) is 112 Å². The van der Waals surface area contributed by atoms with E-state index >= 15 is 0 Å². The zero-order valence-electron chi connectivity index (χ0n) is 24.7. The molecule has 9 rings (SSSR count). The van der Waals surface area contributed by atoms with E-state index in [9.17, 15) is 29.3 Å². The number of carbonyl (C=O) groups is 4. The van der Waals surface area contributed by atoms with Crippen molar-refractivity contribution in [3.8, 4) is 11.3 Å². The molecule has 5 aliphatic rings. The Morgan fingerprint density at radius 3 is 2.20 bits per heavy atom. The van der Waals surface area contributed by atoms with E-state index in [4.69, 9.17) is 9.72 Å². The monoisotopic (exact) mass is 613 g/mol. The molecular weight excluding hydrogens is 586 g/mol. The molecule has 6 atom stereocenters. The fourth-order valence-electron chi connectivity index (χ4n) is 7.71. The lowest BCUT2D eigenvalue weighted by molar-refractivity contribution is -0.384. The summed E-state index contributed by atoms with van der Waals surface area (Å²) in [6.45, 7) is 1.34. The van der Waals surface area contributed by atoms with Gasteiger partial charge in [0.15, 0.2) is 12.4 Å². The lowest BCUT2D eigenvalue weighted by atomic mass is 9.63. The minimum Gasteiger partial charge on any atom is -0.454 e. The van der Waals surface area contributed by atoms with Crippen LogP contribution in [0, 0.1) is 52.5 Å². The van der Waals surface area contributed by atoms with Crippen LogP contribution in [0.25, 0.3) is 22.2 Å². The third-order valence-electron chi connectivity index (χ3n) is 10.0. The molecule has 4 aliphatic carbocycles. The Morgan fingerprint density at radius 2 is 1.57 bits per heavy atom. The molecule has 3 fully saturated rings. The molecule has 0 spiro atoms. The maximum atomic E-state index is 13.6. The molecule has 10 heteroatoms. The van der Waals surface area contributed by atoms with Gasteiger partial charge in [-0.2, -0.15) is 0 Å². The van der Waals surface area contributed by atoms with Crippen LogP contribution < -0.4 is 4.90 Å². The van der Waals surface area contributed by atoms with Crippen LogP contribution in [0.5, 0.6) is 0 Å². The van der Waals surface area contributed by atoms with E-state index in [2.05, 4.69) is 12.2 Å². The number of hydrogen-bond donors (Lipinski definition) is 0. The molecule has 2 saturated carbocycles. The zero-order chi connectivity index (χ0) is 31.9. The first-order valence-corrected chi connectivity index (χ1v) is 15.2. The van der Waals surface area contributed by atoms with Gasteiger partial charge in [-0.25, -0.2) is 9.78 Å². The largest absolute Gasteiger partial charge is 0.454 e. The van der Waals surface area contributed by atoms with E-state index in [1.165, 1.54) is 29.2 Å². The number of ether oxygens (including phenoxy) is 1. The van der Waals surface area contributed by atoms with Crippen molar-refractivity contribution in [3.63, 3.8) is 0 Å². The Balaban J connectivity index is 1.05. The van der Waals surface area contributed by atoms with E-state index in [1.54, 1.807) is 36.4 Å². The van der Waals surface area contributed by atoms with Crippen LogP contribution in [0.2, 0.25) is 0 Å². The van der Waals surface area contributed by atoms with E-state index in [0.717, 1.165) is 12.0 Å². The highest BCUT2D eigenvalue weighted by molar-refractivity contribution is 6.22. The van der Waals surface area contributed by atoms with Crippen molar-refractivity contribution >= 4 is 45.8 Å². The van der Waals surface area contributed by atoms with Gasteiger partial charge >= 0.3 is 5.97 Å². The average Bonchev–Trinajstić information content (AvgIpc) is 3.85. The van der Waals surface area contributed by atoms with Crippen LogP contribution in [0.3, 0.4) is 0 Å². The summed E-state index contributed by atoms with van der Waals surface area (Å²) in [5.41, 5.74) is 3.38. The van der Waals surface area contributed by atoms with Gasteiger partial charge in [-0.05, 0) is 79.5 Å². The van der Waals surface area contributed by atoms with Gasteiger partial charge in [-0.3, -0.25) is 29.4 Å². The van der Waals surface area contributed by atoms with E-state index < -0.39 is 23.3 Å². The molecule has 1 aliphatic heterocycles. The fraction of sp³-hybridized carbons (Fsp3) is 0.250. The second kappa shape index (κ2) is 10.3. The number of fused-ring (bicyclic) bond motifs is 1. The van der Waals surface area contributed by atoms with Crippen molar-refractivity contribution in [1.82, 2.24) is 4.98 Å². The van der Waals surface area contributed by atoms with Gasteiger partial charge in [0, 0.05) is 28.6 Å². The lowest BCUT2D eigenvalue weighted by Crippen LogP contribution is -2.40. The molecule has 228 valence electrons. The summed E-state index contributed by atoms with van der Waals surface area (Å²) in [7, 11) is 0. The Morgan fingerprint density at radius 1 is 0.913 bits per heavy atom. The summed E-state index contributed by atoms with van der Waals surface area (Å²) in [5, 5.41) is 11.5. The number of rotatable bonds is 7. The predicted octanol–water partition coefficient (Wildman–Crippen LogP) is 5.72. The first-order valence-electron chi connectivity index (χ1n) is 15.2. The average molecular weight is 614 g/mol. The number of esters is 1. The number of nitro benzene ring substituents is 1. The Labute approximate surface area is 262 Å². The topological polar surface area (TPSA) is 137 Å². The first kappa shape index (κ1) is 28.0. The number of non-ortho nitro benzene ring substituents is 1. The molecule has 3 aromatic carbocycles. The third-order valence-corrected chi connectivity index (χ3v) is 10.0. The van der Waals surface area contributed by atoms with Crippen LogP contribution in [0.4, 0.5) is 11.4 Å². The number of carbonyl (C=O) groups excluding carboxylic acids is 4. The van der Waals surface area contributed by atoms with Crippen molar-refractivity contribution in [2.24, 2.45) is 35.5 Å². The molecule has 0 radical (unpaired) electrons. The number of aromatic nitrogens is 1. The molecule has 1 saturated heterocycles. The third kappa shape index (κ3) is 4.35. The molecule has 4 aromatic rings. The molecule has 2 amide bonds. The van der Waals surface area contributed by atoms with Gasteiger partial charge in [-0.15, -0.1) is 0 Å². The zero-order valence-corrected chi connectivity index (χ0v) is 24.7. The van der Waals surface area contributed by atoms with E-state index in [1.807, 2.05) is 19.1 Å². The number of allylic oxidation sites excluding steroid dienone is 2. The molecule has 0 N–H and O–H groups in total. The maximum absolute atomic E-state index is 13.6. The minimum absolute atomic E-state index is 0.125. The standard InChI is InChI=1S/C36H27N3O7/c1-18-2-13-29-27(14-18)28(36(43)46-17-31(40)20-5-9-22(10-6-20)39(44)45)16-30(37-29)19-3-7-21(8-4-19)38-34(41)32-23-11-12-24(26-15-25(23)26)33(32)35(38)42/h2-14,16,23-26,32-33H,15,17H2,1H3. The lowest BCUT2D eigenvalue weighted by Gasteiger charge is -2.37. The Hall–Kier alpha value is -5.51. The maximum Gasteiger partial charge on any atom is 0.339 e. The van der Waals surface area contributed by atoms with Gasteiger partial charge in [0.25, 0.3) is 5.69 Å². The molecule has 1 aromatic heterocycles. The van der Waals surface area contributed by atoms with Gasteiger partial charge in [0.2, 0.25) is 11.8 Å². The summed E-state index contributed by atoms with van der Waals surface area (Å²) in [4.78, 5) is 69.6. The number of pyridine rings is 1. The number of anilines is 1. The SMILES string of the molecule is Cc1ccc2nc(-c3ccc(N4C(=O)C5C6C=CC(C7CC67)C5C4=O)cc3)cc(C(=O)OCC(=O)c3ccc([N+](=O)[O-])cc3)c2c1. The highest BCUT2D eigenvalue weighted by Crippen LogP contribution is 2.65. The minimum atomic E-state index is -0.719. The van der Waals surface area contributed by atoms with E-state index in [-0.39, 0.29) is 52.3 Å². The van der Waals surface area contributed by atoms with Crippen LogP contribution in [-0.2, 0) is 14.3 Å². The second-order valence-corrected chi connectivity index (χ2v) is 12.6. The summed E-state index contributed by atoms with van der Waals surface area (Å²) in [6, 6.07) is 19.2. The Kier molecular flexibility index (Phi) is 6.25. The van der Waals surface area contributed by atoms with Gasteiger partial charge in [-0.1, -0.05) is 35.9 Å². The number of amides is 2. The van der Waals surface area contributed by atoms with Crippen LogP contribution >= 0.6 is 0 Å². The van der Waals surface area contributed by atoms with Crippen LogP contribution in [0.15, 0.2) is 84.9 Å². The van der Waals surface area contributed by atoms with Crippen molar-refractivity contribution in [1.29, 1.82) is 0 Å². The number of nitro groups is 1. The van der Waals surface area contributed by atoms with E-state index in [0.29, 0.717) is 39.7 Å². The molecule has 2 heterocycles. The normalized spacial score (nSPS) is 25.4. The van der Waals surface area contributed by atoms with Crippen molar-refractivity contribution in [2.75, 3.05) is 11.5 Å². The fourth-order valence-corrected chi connectivity index (χ4v) is 7.71. The van der Waals surface area contributed by atoms with Gasteiger partial charge < -0.3 is 4.74 Å². The molecule has 2 bridgehead atoms. The summed E-state index contributed by atoms with van der Waals surface area (Å²) in [5.74, 6) is -0.681. The summed E-state index contributed by atoms with van der Waals surface area (Å²) < 4.78 is 5.41. The van der Waals surface area contributed by atoms with Gasteiger partial charge in [0.1, 0.15) is 0 Å².